The van der Waals surface area contributed by atoms with Gasteiger partial charge in [-0.05, 0) is 51.0 Å². The monoisotopic (exact) mass is 485 g/mol. The summed E-state index contributed by atoms with van der Waals surface area (Å²) in [6, 6.07) is 5.02. The molecule has 0 aliphatic rings. The molecular formula is C17H25BrClNO6S. The predicted molar refractivity (Wildman–Crippen MR) is 107 cm³/mol. The smallest absolute Gasteiger partial charge is 0.407 e. The first-order chi connectivity index (χ1) is 12.4. The largest absolute Gasteiger partial charge is 0.444 e. The van der Waals surface area contributed by atoms with Crippen LogP contribution in [0, 0.1) is 0 Å². The van der Waals surface area contributed by atoms with Crippen LogP contribution in [0.25, 0.3) is 0 Å². The second-order valence-electron chi connectivity index (χ2n) is 6.85. The first kappa shape index (κ1) is 24.2. The summed E-state index contributed by atoms with van der Waals surface area (Å²) in [6.07, 6.45) is 0.187. The van der Waals surface area contributed by atoms with Crippen molar-refractivity contribution in [2.45, 2.75) is 38.9 Å². The highest BCUT2D eigenvalue weighted by molar-refractivity contribution is 9.10. The molecule has 0 spiro atoms. The molecule has 1 amide bonds. The number of benzene rings is 1. The predicted octanol–water partition coefficient (Wildman–Crippen LogP) is 4.05. The normalized spacial score (nSPS) is 13.3. The molecule has 1 N–H and O–H groups in total. The molecule has 0 aliphatic carbocycles. The molecule has 0 radical (unpaired) electrons. The van der Waals surface area contributed by atoms with Gasteiger partial charge in [0.05, 0.1) is 12.9 Å². The van der Waals surface area contributed by atoms with Gasteiger partial charge in [-0.15, -0.1) is 0 Å². The lowest BCUT2D eigenvalue weighted by Gasteiger charge is -2.20. The van der Waals surface area contributed by atoms with Crippen molar-refractivity contribution in [2.75, 3.05) is 26.0 Å². The average molecular weight is 487 g/mol. The Balaban J connectivity index is 2.50. The molecule has 10 heteroatoms. The third-order valence-electron chi connectivity index (χ3n) is 2.95. The van der Waals surface area contributed by atoms with Crippen molar-refractivity contribution in [2.24, 2.45) is 0 Å². The molecule has 7 nitrogen and oxygen atoms in total. The number of hydrogen-bond donors (Lipinski definition) is 1. The number of amides is 1. The number of carbonyl (C=O) groups excluding carboxylic acids is 1. The van der Waals surface area contributed by atoms with Crippen LogP contribution in [0.5, 0.6) is 0 Å². The molecule has 0 heterocycles. The Labute approximate surface area is 174 Å². The first-order valence-electron chi connectivity index (χ1n) is 8.24. The molecule has 0 saturated heterocycles. The van der Waals surface area contributed by atoms with Crippen molar-refractivity contribution < 1.29 is 26.9 Å². The zero-order valence-corrected chi connectivity index (χ0v) is 18.9. The maximum Gasteiger partial charge on any atom is 0.407 e. The number of carbonyl (C=O) groups is 1. The molecule has 0 aliphatic heterocycles. The first-order valence-corrected chi connectivity index (χ1v) is 11.2. The maximum absolute atomic E-state index is 11.5. The van der Waals surface area contributed by atoms with E-state index < -0.39 is 27.9 Å². The summed E-state index contributed by atoms with van der Waals surface area (Å²) >= 11 is 9.33. The van der Waals surface area contributed by atoms with Gasteiger partial charge < -0.3 is 14.8 Å². The van der Waals surface area contributed by atoms with Crippen LogP contribution in [0.3, 0.4) is 0 Å². The Bertz CT molecular complexity index is 715. The molecule has 1 rings (SSSR count). The zero-order valence-electron chi connectivity index (χ0n) is 15.8. The van der Waals surface area contributed by atoms with Crippen molar-refractivity contribution in [3.05, 3.63) is 33.3 Å². The third kappa shape index (κ3) is 11.5. The Morgan fingerprint density at radius 2 is 1.96 bits per heavy atom. The van der Waals surface area contributed by atoms with Crippen molar-refractivity contribution in [3.63, 3.8) is 0 Å². The molecule has 1 atom stereocenters. The van der Waals surface area contributed by atoms with E-state index in [0.29, 0.717) is 34.6 Å². The van der Waals surface area contributed by atoms with E-state index in [9.17, 15) is 13.2 Å². The average Bonchev–Trinajstić information content (AvgIpc) is 2.45. The highest BCUT2D eigenvalue weighted by atomic mass is 79.9. The van der Waals surface area contributed by atoms with Gasteiger partial charge in [0, 0.05) is 22.6 Å². The number of hydrogen-bond acceptors (Lipinski definition) is 6. The molecule has 0 bridgehead atoms. The quantitative estimate of drug-likeness (QED) is 0.418. The Morgan fingerprint density at radius 3 is 2.52 bits per heavy atom. The van der Waals surface area contributed by atoms with Crippen LogP contribution in [-0.4, -0.2) is 46.1 Å². The van der Waals surface area contributed by atoms with Crippen LogP contribution in [0.15, 0.2) is 22.7 Å². The second-order valence-corrected chi connectivity index (χ2v) is 9.80. The minimum Gasteiger partial charge on any atom is -0.444 e. The van der Waals surface area contributed by atoms with Gasteiger partial charge in [-0.2, -0.15) is 8.42 Å². The zero-order chi connectivity index (χ0) is 20.7. The van der Waals surface area contributed by atoms with Gasteiger partial charge in [-0.3, -0.25) is 4.18 Å². The summed E-state index contributed by atoms with van der Waals surface area (Å²) in [6.45, 7) is 6.05. The lowest BCUT2D eigenvalue weighted by molar-refractivity contribution is 0.0457. The van der Waals surface area contributed by atoms with E-state index in [1.165, 1.54) is 0 Å². The van der Waals surface area contributed by atoms with Gasteiger partial charge in [0.2, 0.25) is 0 Å². The van der Waals surface area contributed by atoms with E-state index in [1.54, 1.807) is 39.0 Å². The van der Waals surface area contributed by atoms with Crippen molar-refractivity contribution in [3.8, 4) is 0 Å². The maximum atomic E-state index is 11.5. The van der Waals surface area contributed by atoms with Crippen LogP contribution >= 0.6 is 27.5 Å². The van der Waals surface area contributed by atoms with Gasteiger partial charge in [0.1, 0.15) is 11.7 Å². The van der Waals surface area contributed by atoms with E-state index in [1.807, 2.05) is 0 Å². The summed E-state index contributed by atoms with van der Waals surface area (Å²) in [5.74, 6) is 0. The summed E-state index contributed by atoms with van der Waals surface area (Å²) in [4.78, 5) is 11.5. The minimum atomic E-state index is -3.69. The van der Waals surface area contributed by atoms with E-state index in [-0.39, 0.29) is 6.61 Å². The van der Waals surface area contributed by atoms with E-state index in [0.717, 1.165) is 6.26 Å². The minimum absolute atomic E-state index is 0.0201. The fraction of sp³-hybridized carbons (Fsp3) is 0.588. The van der Waals surface area contributed by atoms with Crippen LogP contribution in [0.4, 0.5) is 4.79 Å². The SMILES string of the molecule is CC(C)(C)OC(=O)NCCCOCC(OS(C)(=O)=O)c1cc(Cl)cc(Br)c1. The Morgan fingerprint density at radius 1 is 1.30 bits per heavy atom. The van der Waals surface area contributed by atoms with Gasteiger partial charge >= 0.3 is 6.09 Å². The van der Waals surface area contributed by atoms with Crippen molar-refractivity contribution >= 4 is 43.7 Å². The summed E-state index contributed by atoms with van der Waals surface area (Å²) in [7, 11) is -3.69. The fourth-order valence-corrected chi connectivity index (χ4v) is 3.50. The van der Waals surface area contributed by atoms with E-state index in [4.69, 9.17) is 25.3 Å². The lowest BCUT2D eigenvalue weighted by atomic mass is 10.1. The van der Waals surface area contributed by atoms with Gasteiger partial charge in [-0.25, -0.2) is 4.79 Å². The molecule has 1 unspecified atom stereocenters. The van der Waals surface area contributed by atoms with Crippen LogP contribution in [0.1, 0.15) is 38.9 Å². The van der Waals surface area contributed by atoms with Crippen LogP contribution in [-0.2, 0) is 23.8 Å². The Kier molecular flexibility index (Phi) is 9.50. The van der Waals surface area contributed by atoms with Crippen LogP contribution < -0.4 is 5.32 Å². The molecule has 154 valence electrons. The summed E-state index contributed by atoms with van der Waals surface area (Å²) < 4.78 is 39.5. The molecule has 1 aromatic carbocycles. The molecule has 0 fully saturated rings. The van der Waals surface area contributed by atoms with Crippen molar-refractivity contribution in [1.82, 2.24) is 5.32 Å². The topological polar surface area (TPSA) is 90.9 Å². The summed E-state index contributed by atoms with van der Waals surface area (Å²) in [5.41, 5.74) is 0.0221. The molecular weight excluding hydrogens is 462 g/mol. The number of nitrogens with one attached hydrogen (secondary N) is 1. The van der Waals surface area contributed by atoms with Gasteiger partial charge in [-0.1, -0.05) is 27.5 Å². The Hall–Kier alpha value is -0.870. The number of halogens is 2. The fourth-order valence-electron chi connectivity index (χ4n) is 2.02. The molecule has 1 aromatic rings. The van der Waals surface area contributed by atoms with E-state index in [2.05, 4.69) is 21.2 Å². The van der Waals surface area contributed by atoms with Crippen LogP contribution in [0.2, 0.25) is 5.02 Å². The summed E-state index contributed by atoms with van der Waals surface area (Å²) in [5, 5.41) is 3.07. The standard InChI is InChI=1S/C17H25BrClNO6S/c1-17(2,3)25-16(21)20-6-5-7-24-11-15(26-27(4,22)23)12-8-13(18)10-14(19)9-12/h8-10,15H,5-7,11H2,1-4H3,(H,20,21). The lowest BCUT2D eigenvalue weighted by Crippen LogP contribution is -2.33. The highest BCUT2D eigenvalue weighted by Crippen LogP contribution is 2.27. The second kappa shape index (κ2) is 10.6. The molecule has 0 saturated carbocycles. The number of rotatable bonds is 9. The third-order valence-corrected chi connectivity index (χ3v) is 4.21. The number of ether oxygens (including phenoxy) is 2. The van der Waals surface area contributed by atoms with Gasteiger partial charge in [0.15, 0.2) is 0 Å². The van der Waals surface area contributed by atoms with E-state index >= 15 is 0 Å². The molecule has 27 heavy (non-hydrogen) atoms. The number of alkyl carbamates (subject to hydrolysis) is 1. The highest BCUT2D eigenvalue weighted by Gasteiger charge is 2.19. The van der Waals surface area contributed by atoms with Gasteiger partial charge in [0.25, 0.3) is 10.1 Å². The molecule has 0 aromatic heterocycles. The van der Waals surface area contributed by atoms with Crippen molar-refractivity contribution in [1.29, 1.82) is 0 Å².